The fraction of sp³-hybridized carbons (Fsp3) is 0.333. The average Bonchev–Trinajstić information content (AvgIpc) is 1.46. The minimum Gasteiger partial charge on any atom is -0.147 e. The Balaban J connectivity index is -0.0000000105. The minimum absolute atomic E-state index is 0. The van der Waals surface area contributed by atoms with Crippen molar-refractivity contribution in [2.75, 3.05) is 0 Å². The summed E-state index contributed by atoms with van der Waals surface area (Å²) in [6.07, 6.45) is 1.75. The van der Waals surface area contributed by atoms with Crippen molar-refractivity contribution in [1.29, 1.82) is 0 Å². The molecule has 1 atom stereocenters. The lowest BCUT2D eigenvalue weighted by Gasteiger charge is -1.31. The highest BCUT2D eigenvalue weighted by Crippen LogP contribution is 1.38. The first-order valence-corrected chi connectivity index (χ1v) is 1.69. The van der Waals surface area contributed by atoms with E-state index in [0.717, 1.165) is 0 Å². The summed E-state index contributed by atoms with van der Waals surface area (Å²) in [4.78, 5) is 0. The summed E-state index contributed by atoms with van der Waals surface area (Å²) in [5.74, 6) is 0. The fourth-order valence-corrected chi connectivity index (χ4v) is 0. The van der Waals surface area contributed by atoms with Crippen LogP contribution in [0.5, 0.6) is 0 Å². The molecule has 0 heterocycles. The van der Waals surface area contributed by atoms with Crippen LogP contribution in [-0.2, 0) is 4.57 Å². The van der Waals surface area contributed by atoms with Gasteiger partial charge in [-0.25, -0.2) is 0 Å². The lowest BCUT2D eigenvalue weighted by molar-refractivity contribution is 0.607. The zero-order chi connectivity index (χ0) is 4.71. The highest BCUT2D eigenvalue weighted by atomic mass is 35.5. The van der Waals surface area contributed by atoms with E-state index in [1.807, 2.05) is 6.92 Å². The zero-order valence-electron chi connectivity index (χ0n) is 4.09. The first kappa shape index (κ1) is 26.1. The molecule has 0 saturated heterocycles. The Bertz CT molecular complexity index is 26.9. The van der Waals surface area contributed by atoms with Crippen LogP contribution in [0.3, 0.4) is 0 Å². The summed E-state index contributed by atoms with van der Waals surface area (Å²) in [5, 5.41) is 0. The summed E-state index contributed by atoms with van der Waals surface area (Å²) in [7, 11) is 1.17. The van der Waals surface area contributed by atoms with Gasteiger partial charge in [-0.1, -0.05) is 10.6 Å². The van der Waals surface area contributed by atoms with Crippen molar-refractivity contribution in [3.63, 3.8) is 0 Å². The standard InChI is InChI=1S/C3H6.2ClH.H2OP/c1-3-2;;;1-2/h3H,1H2,2H3;2*1H;2H2/q;;;+1. The van der Waals surface area contributed by atoms with Crippen LogP contribution >= 0.6 is 33.9 Å². The van der Waals surface area contributed by atoms with Gasteiger partial charge in [-0.05, 0) is 6.92 Å². The number of halogens is 2. The minimum atomic E-state index is 0. The molecule has 0 fully saturated rings. The summed E-state index contributed by atoms with van der Waals surface area (Å²) in [5.41, 5.74) is 0. The molecule has 7 heavy (non-hydrogen) atoms. The van der Waals surface area contributed by atoms with Crippen LogP contribution in [0.2, 0.25) is 0 Å². The van der Waals surface area contributed by atoms with Crippen molar-refractivity contribution in [3.05, 3.63) is 12.7 Å². The maximum Gasteiger partial charge on any atom is 0.310 e. The Morgan fingerprint density at radius 3 is 1.43 bits per heavy atom. The monoisotopic (exact) mass is 163 g/mol. The molecule has 0 aliphatic carbocycles. The van der Waals surface area contributed by atoms with E-state index in [4.69, 9.17) is 4.57 Å². The summed E-state index contributed by atoms with van der Waals surface area (Å²) < 4.78 is 8.17. The Hall–Kier alpha value is 0.420. The normalized spacial score (nSPS) is 2.43. The molecule has 0 radical (unpaired) electrons. The van der Waals surface area contributed by atoms with Crippen molar-refractivity contribution in [1.82, 2.24) is 0 Å². The van der Waals surface area contributed by atoms with Crippen LogP contribution < -0.4 is 0 Å². The molecular formula is C3H10Cl2OP+. The third-order valence-corrected chi connectivity index (χ3v) is 0. The van der Waals surface area contributed by atoms with Gasteiger partial charge in [0.05, 0.1) is 0 Å². The molecule has 0 spiro atoms. The largest absolute Gasteiger partial charge is 0.310 e. The molecule has 0 aliphatic heterocycles. The Morgan fingerprint density at radius 1 is 1.43 bits per heavy atom. The second-order valence-electron chi connectivity index (χ2n) is 0.408. The lowest BCUT2D eigenvalue weighted by Crippen LogP contribution is -1.07. The number of hydrogen-bond donors (Lipinski definition) is 0. The fourth-order valence-electron chi connectivity index (χ4n) is 0. The van der Waals surface area contributed by atoms with E-state index in [-0.39, 0.29) is 24.8 Å². The molecule has 0 aliphatic rings. The van der Waals surface area contributed by atoms with Crippen LogP contribution in [0, 0.1) is 0 Å². The van der Waals surface area contributed by atoms with Crippen LogP contribution in [-0.4, -0.2) is 0 Å². The predicted molar refractivity (Wildman–Crippen MR) is 40.8 cm³/mol. The molecule has 0 N–H and O–H groups in total. The van der Waals surface area contributed by atoms with E-state index in [2.05, 4.69) is 6.58 Å². The number of hydrogen-bond acceptors (Lipinski definition) is 1. The topological polar surface area (TPSA) is 17.1 Å². The molecule has 46 valence electrons. The molecule has 0 bridgehead atoms. The third kappa shape index (κ3) is 711. The van der Waals surface area contributed by atoms with Gasteiger partial charge in [0, 0.05) is 0 Å². The van der Waals surface area contributed by atoms with E-state index in [0.29, 0.717) is 0 Å². The highest BCUT2D eigenvalue weighted by molar-refractivity contribution is 7.00. The number of rotatable bonds is 0. The average molecular weight is 164 g/mol. The second-order valence-corrected chi connectivity index (χ2v) is 0.408. The SMILES string of the molecule is C=CC.Cl.Cl.O=[PH2+]. The van der Waals surface area contributed by atoms with Crippen LogP contribution in [0.15, 0.2) is 12.7 Å². The molecule has 1 unspecified atom stereocenters. The first-order valence-electron chi connectivity index (χ1n) is 1.22. The van der Waals surface area contributed by atoms with Gasteiger partial charge in [0.15, 0.2) is 0 Å². The molecule has 0 aromatic rings. The maximum absolute atomic E-state index is 8.17. The van der Waals surface area contributed by atoms with Crippen LogP contribution in [0.4, 0.5) is 0 Å². The first-order chi connectivity index (χ1) is 2.41. The van der Waals surface area contributed by atoms with Crippen LogP contribution in [0.25, 0.3) is 0 Å². The van der Waals surface area contributed by atoms with Crippen molar-refractivity contribution in [3.8, 4) is 0 Å². The van der Waals surface area contributed by atoms with Crippen molar-refractivity contribution in [2.24, 2.45) is 0 Å². The van der Waals surface area contributed by atoms with Gasteiger partial charge < -0.3 is 0 Å². The molecule has 1 nitrogen and oxygen atoms in total. The molecule has 0 rings (SSSR count). The molecule has 0 aromatic heterocycles. The summed E-state index contributed by atoms with van der Waals surface area (Å²) >= 11 is 0. The molecular weight excluding hydrogens is 154 g/mol. The van der Waals surface area contributed by atoms with Gasteiger partial charge in [0.1, 0.15) is 0 Å². The van der Waals surface area contributed by atoms with E-state index in [1.54, 1.807) is 6.08 Å². The number of allylic oxidation sites excluding steroid dienone is 1. The third-order valence-electron chi connectivity index (χ3n) is 0. The summed E-state index contributed by atoms with van der Waals surface area (Å²) in [6, 6.07) is 0. The molecule has 4 heteroatoms. The van der Waals surface area contributed by atoms with E-state index >= 15 is 0 Å². The summed E-state index contributed by atoms with van der Waals surface area (Å²) in [6.45, 7) is 5.25. The van der Waals surface area contributed by atoms with E-state index in [1.165, 1.54) is 9.12 Å². The molecule has 0 saturated carbocycles. The molecule has 0 aromatic carbocycles. The van der Waals surface area contributed by atoms with Crippen LogP contribution in [0.1, 0.15) is 6.92 Å². The van der Waals surface area contributed by atoms with Gasteiger partial charge in [0.2, 0.25) is 0 Å². The lowest BCUT2D eigenvalue weighted by atomic mass is 10.8. The van der Waals surface area contributed by atoms with E-state index in [9.17, 15) is 0 Å². The van der Waals surface area contributed by atoms with Crippen molar-refractivity contribution in [2.45, 2.75) is 6.92 Å². The molecule has 0 amide bonds. The van der Waals surface area contributed by atoms with Crippen molar-refractivity contribution < 1.29 is 4.57 Å². The van der Waals surface area contributed by atoms with Gasteiger partial charge in [-0.15, -0.1) is 31.4 Å². The highest BCUT2D eigenvalue weighted by Gasteiger charge is 1.15. The van der Waals surface area contributed by atoms with E-state index < -0.39 is 0 Å². The van der Waals surface area contributed by atoms with Gasteiger partial charge >= 0.3 is 9.12 Å². The van der Waals surface area contributed by atoms with Gasteiger partial charge in [0.25, 0.3) is 0 Å². The maximum atomic E-state index is 8.17. The Labute approximate surface area is 58.6 Å². The predicted octanol–water partition coefficient (Wildman–Crippen LogP) is 2.24. The Morgan fingerprint density at radius 2 is 1.43 bits per heavy atom. The zero-order valence-corrected chi connectivity index (χ0v) is 6.87. The quantitative estimate of drug-likeness (QED) is 0.396. The smallest absolute Gasteiger partial charge is 0.147 e. The second kappa shape index (κ2) is 93.5. The Kier molecular flexibility index (Phi) is 349. The van der Waals surface area contributed by atoms with Gasteiger partial charge in [-0.2, -0.15) is 0 Å². The van der Waals surface area contributed by atoms with Gasteiger partial charge in [-0.3, -0.25) is 0 Å². The van der Waals surface area contributed by atoms with Crippen molar-refractivity contribution >= 4 is 33.9 Å².